The molecular formula is C14H20IN3O2. The Hall–Kier alpha value is -1.05. The Bertz CT molecular complexity index is 470. The number of pyridine rings is 1. The van der Waals surface area contributed by atoms with Gasteiger partial charge >= 0.3 is 6.09 Å². The van der Waals surface area contributed by atoms with Gasteiger partial charge < -0.3 is 15.0 Å². The van der Waals surface area contributed by atoms with Gasteiger partial charge in [0.05, 0.1) is 6.04 Å². The van der Waals surface area contributed by atoms with Gasteiger partial charge in [-0.25, -0.2) is 9.78 Å². The number of halogens is 1. The molecule has 1 amide bonds. The van der Waals surface area contributed by atoms with Crippen LogP contribution in [0.3, 0.4) is 0 Å². The number of rotatable bonds is 2. The first-order valence-electron chi connectivity index (χ1n) is 6.69. The normalized spacial score (nSPS) is 19.0. The Labute approximate surface area is 133 Å². The summed E-state index contributed by atoms with van der Waals surface area (Å²) >= 11 is 2.24. The molecule has 6 heteroatoms. The molecule has 5 nitrogen and oxygen atoms in total. The van der Waals surface area contributed by atoms with Crippen molar-refractivity contribution in [1.82, 2.24) is 10.3 Å². The molecule has 0 aromatic carbocycles. The minimum Gasteiger partial charge on any atom is -0.444 e. The third kappa shape index (κ3) is 4.50. The largest absolute Gasteiger partial charge is 0.444 e. The predicted molar refractivity (Wildman–Crippen MR) is 86.9 cm³/mol. The molecule has 1 aliphatic heterocycles. The van der Waals surface area contributed by atoms with E-state index in [-0.39, 0.29) is 12.1 Å². The van der Waals surface area contributed by atoms with Crippen LogP contribution in [0.5, 0.6) is 0 Å². The molecule has 1 fully saturated rings. The van der Waals surface area contributed by atoms with Crippen molar-refractivity contribution < 1.29 is 9.53 Å². The van der Waals surface area contributed by atoms with E-state index in [1.165, 1.54) is 0 Å². The summed E-state index contributed by atoms with van der Waals surface area (Å²) in [5, 5.41) is 2.91. The molecule has 1 N–H and O–H groups in total. The SMILES string of the molecule is CC(C)(C)OC(=O)NC1CCN(c2ccc(I)cn2)C1. The smallest absolute Gasteiger partial charge is 0.407 e. The van der Waals surface area contributed by atoms with E-state index in [4.69, 9.17) is 4.74 Å². The second-order valence-corrected chi connectivity index (χ2v) is 7.16. The lowest BCUT2D eigenvalue weighted by molar-refractivity contribution is 0.0509. The number of anilines is 1. The molecule has 1 atom stereocenters. The fourth-order valence-corrected chi connectivity index (χ4v) is 2.43. The van der Waals surface area contributed by atoms with Crippen LogP contribution in [0.4, 0.5) is 10.6 Å². The Balaban J connectivity index is 1.86. The first-order chi connectivity index (χ1) is 9.33. The van der Waals surface area contributed by atoms with Crippen LogP contribution in [0.15, 0.2) is 18.3 Å². The molecule has 2 heterocycles. The van der Waals surface area contributed by atoms with Gasteiger partial charge in [0.2, 0.25) is 0 Å². The van der Waals surface area contributed by atoms with Crippen LogP contribution >= 0.6 is 22.6 Å². The average molecular weight is 389 g/mol. The van der Waals surface area contributed by atoms with E-state index in [0.29, 0.717) is 0 Å². The highest BCUT2D eigenvalue weighted by Crippen LogP contribution is 2.19. The minimum atomic E-state index is -0.458. The van der Waals surface area contributed by atoms with E-state index < -0.39 is 5.60 Å². The number of hydrogen-bond acceptors (Lipinski definition) is 4. The van der Waals surface area contributed by atoms with Crippen molar-refractivity contribution in [2.75, 3.05) is 18.0 Å². The quantitative estimate of drug-likeness (QED) is 0.791. The van der Waals surface area contributed by atoms with Gasteiger partial charge in [0.1, 0.15) is 11.4 Å². The van der Waals surface area contributed by atoms with Crippen molar-refractivity contribution in [3.8, 4) is 0 Å². The number of carbonyl (C=O) groups excluding carboxylic acids is 1. The lowest BCUT2D eigenvalue weighted by Gasteiger charge is -2.22. The van der Waals surface area contributed by atoms with Gasteiger partial charge in [0, 0.05) is 22.9 Å². The van der Waals surface area contributed by atoms with Gasteiger partial charge in [-0.3, -0.25) is 0 Å². The molecule has 0 spiro atoms. The molecule has 1 saturated heterocycles. The zero-order chi connectivity index (χ0) is 14.8. The molecule has 2 rings (SSSR count). The minimum absolute atomic E-state index is 0.117. The van der Waals surface area contributed by atoms with Crippen LogP contribution in [-0.2, 0) is 4.74 Å². The van der Waals surface area contributed by atoms with Crippen molar-refractivity contribution in [2.24, 2.45) is 0 Å². The molecule has 1 aromatic heterocycles. The van der Waals surface area contributed by atoms with Gasteiger partial charge in [-0.2, -0.15) is 0 Å². The fraction of sp³-hybridized carbons (Fsp3) is 0.571. The number of alkyl carbamates (subject to hydrolysis) is 1. The second-order valence-electron chi connectivity index (χ2n) is 5.91. The van der Waals surface area contributed by atoms with Crippen LogP contribution in [0.2, 0.25) is 0 Å². The molecule has 1 aromatic rings. The van der Waals surface area contributed by atoms with Gasteiger partial charge in [-0.05, 0) is 61.9 Å². The summed E-state index contributed by atoms with van der Waals surface area (Å²) in [5.41, 5.74) is -0.458. The topological polar surface area (TPSA) is 54.5 Å². The van der Waals surface area contributed by atoms with Gasteiger partial charge in [-0.15, -0.1) is 0 Å². The monoisotopic (exact) mass is 389 g/mol. The average Bonchev–Trinajstić information content (AvgIpc) is 2.75. The highest BCUT2D eigenvalue weighted by Gasteiger charge is 2.26. The van der Waals surface area contributed by atoms with E-state index in [9.17, 15) is 4.79 Å². The number of ether oxygens (including phenoxy) is 1. The van der Waals surface area contributed by atoms with E-state index in [1.807, 2.05) is 39.1 Å². The highest BCUT2D eigenvalue weighted by atomic mass is 127. The third-order valence-corrected chi connectivity index (χ3v) is 3.58. The summed E-state index contributed by atoms with van der Waals surface area (Å²) in [7, 11) is 0. The number of amides is 1. The third-order valence-electron chi connectivity index (χ3n) is 2.94. The number of aromatic nitrogens is 1. The lowest BCUT2D eigenvalue weighted by atomic mass is 10.2. The fourth-order valence-electron chi connectivity index (χ4n) is 2.12. The zero-order valence-electron chi connectivity index (χ0n) is 12.0. The first-order valence-corrected chi connectivity index (χ1v) is 7.77. The summed E-state index contributed by atoms with van der Waals surface area (Å²) < 4.78 is 6.39. The van der Waals surface area contributed by atoms with Crippen molar-refractivity contribution in [1.29, 1.82) is 0 Å². The molecule has 1 aliphatic rings. The van der Waals surface area contributed by atoms with Crippen molar-refractivity contribution in [2.45, 2.75) is 38.8 Å². The Kier molecular flexibility index (Phi) is 4.72. The molecule has 110 valence electrons. The Morgan fingerprint density at radius 1 is 1.50 bits per heavy atom. The number of nitrogens with one attached hydrogen (secondary N) is 1. The van der Waals surface area contributed by atoms with Crippen molar-refractivity contribution in [3.63, 3.8) is 0 Å². The van der Waals surface area contributed by atoms with E-state index >= 15 is 0 Å². The van der Waals surface area contributed by atoms with E-state index in [1.54, 1.807) is 0 Å². The van der Waals surface area contributed by atoms with Crippen molar-refractivity contribution in [3.05, 3.63) is 21.9 Å². The maximum atomic E-state index is 11.7. The first kappa shape index (κ1) is 15.3. The predicted octanol–water partition coefficient (Wildman–Crippen LogP) is 2.79. The van der Waals surface area contributed by atoms with Crippen LogP contribution in [-0.4, -0.2) is 35.8 Å². The molecule has 20 heavy (non-hydrogen) atoms. The van der Waals surface area contributed by atoms with Crippen LogP contribution in [0.25, 0.3) is 0 Å². The number of nitrogens with zero attached hydrogens (tertiary/aromatic N) is 2. The van der Waals surface area contributed by atoms with Crippen LogP contribution in [0, 0.1) is 3.57 Å². The summed E-state index contributed by atoms with van der Waals surface area (Å²) in [6.07, 6.45) is 2.41. The number of carbonyl (C=O) groups is 1. The maximum Gasteiger partial charge on any atom is 0.407 e. The van der Waals surface area contributed by atoms with Crippen LogP contribution < -0.4 is 10.2 Å². The molecule has 1 unspecified atom stereocenters. The summed E-state index contributed by atoms with van der Waals surface area (Å²) in [6.45, 7) is 7.26. The van der Waals surface area contributed by atoms with Crippen LogP contribution in [0.1, 0.15) is 27.2 Å². The standard InChI is InChI=1S/C14H20IN3O2/c1-14(2,3)20-13(19)17-11-6-7-18(9-11)12-5-4-10(15)8-16-12/h4-5,8,11H,6-7,9H2,1-3H3,(H,17,19). The van der Waals surface area contributed by atoms with Gasteiger partial charge in [-0.1, -0.05) is 0 Å². The summed E-state index contributed by atoms with van der Waals surface area (Å²) in [4.78, 5) is 18.3. The lowest BCUT2D eigenvalue weighted by Crippen LogP contribution is -2.40. The molecular weight excluding hydrogens is 369 g/mol. The molecule has 0 saturated carbocycles. The summed E-state index contributed by atoms with van der Waals surface area (Å²) in [6, 6.07) is 4.17. The van der Waals surface area contributed by atoms with E-state index in [0.717, 1.165) is 28.9 Å². The van der Waals surface area contributed by atoms with E-state index in [2.05, 4.69) is 37.8 Å². The maximum absolute atomic E-state index is 11.7. The Morgan fingerprint density at radius 3 is 2.85 bits per heavy atom. The Morgan fingerprint density at radius 2 is 2.25 bits per heavy atom. The molecule has 0 aliphatic carbocycles. The second kappa shape index (κ2) is 6.15. The number of hydrogen-bond donors (Lipinski definition) is 1. The summed E-state index contributed by atoms with van der Waals surface area (Å²) in [5.74, 6) is 0.957. The van der Waals surface area contributed by atoms with Gasteiger partial charge in [0.25, 0.3) is 0 Å². The highest BCUT2D eigenvalue weighted by molar-refractivity contribution is 14.1. The molecule has 0 bridgehead atoms. The molecule has 0 radical (unpaired) electrons. The van der Waals surface area contributed by atoms with Gasteiger partial charge in [0.15, 0.2) is 0 Å². The van der Waals surface area contributed by atoms with Crippen molar-refractivity contribution >= 4 is 34.5 Å². The zero-order valence-corrected chi connectivity index (χ0v) is 14.2.